The fourth-order valence-corrected chi connectivity index (χ4v) is 3.41. The van der Waals surface area contributed by atoms with Crippen LogP contribution in [0.1, 0.15) is 17.5 Å². The Labute approximate surface area is 174 Å². The van der Waals surface area contributed by atoms with Crippen molar-refractivity contribution in [3.05, 3.63) is 40.4 Å². The molecule has 1 amide bonds. The van der Waals surface area contributed by atoms with Gasteiger partial charge in [0, 0.05) is 18.5 Å². The van der Waals surface area contributed by atoms with Gasteiger partial charge < -0.3 is 29.0 Å². The first-order valence-corrected chi connectivity index (χ1v) is 9.57. The second-order valence-corrected chi connectivity index (χ2v) is 6.81. The molecular weight excluding hydrogens is 398 g/mol. The number of halogens is 1. The summed E-state index contributed by atoms with van der Waals surface area (Å²) >= 11 is 6.31. The predicted molar refractivity (Wildman–Crippen MR) is 109 cm³/mol. The molecule has 8 heteroatoms. The van der Waals surface area contributed by atoms with Crippen molar-refractivity contribution in [1.82, 2.24) is 5.32 Å². The van der Waals surface area contributed by atoms with E-state index in [1.807, 2.05) is 6.07 Å². The Morgan fingerprint density at radius 3 is 2.55 bits per heavy atom. The molecule has 1 aliphatic heterocycles. The van der Waals surface area contributed by atoms with Crippen LogP contribution in [0.3, 0.4) is 0 Å². The van der Waals surface area contributed by atoms with Crippen LogP contribution in [0.2, 0.25) is 5.02 Å². The van der Waals surface area contributed by atoms with E-state index in [4.69, 9.17) is 35.3 Å². The molecule has 1 N–H and O–H groups in total. The zero-order valence-electron chi connectivity index (χ0n) is 16.7. The smallest absolute Gasteiger partial charge is 0.224 e. The van der Waals surface area contributed by atoms with Crippen LogP contribution in [0.4, 0.5) is 0 Å². The van der Waals surface area contributed by atoms with E-state index in [0.717, 1.165) is 12.0 Å². The van der Waals surface area contributed by atoms with Crippen molar-refractivity contribution in [2.75, 3.05) is 34.5 Å². The number of ether oxygens (including phenoxy) is 5. The Bertz CT molecular complexity index is 886. The quantitative estimate of drug-likeness (QED) is 0.738. The van der Waals surface area contributed by atoms with Crippen molar-refractivity contribution in [1.29, 1.82) is 0 Å². The Balaban J connectivity index is 1.69. The summed E-state index contributed by atoms with van der Waals surface area (Å²) in [5, 5.41) is 3.36. The highest BCUT2D eigenvalue weighted by Crippen LogP contribution is 2.40. The van der Waals surface area contributed by atoms with Crippen LogP contribution in [0, 0.1) is 0 Å². The molecule has 0 atom stereocenters. The Hall–Kier alpha value is -2.80. The average molecular weight is 422 g/mol. The first-order valence-electron chi connectivity index (χ1n) is 9.20. The first kappa shape index (κ1) is 20.9. The summed E-state index contributed by atoms with van der Waals surface area (Å²) in [6.07, 6.45) is 0.923. The summed E-state index contributed by atoms with van der Waals surface area (Å²) in [6.45, 7) is 1.44. The minimum atomic E-state index is -0.168. The molecule has 0 bridgehead atoms. The molecule has 0 radical (unpaired) electrons. The van der Waals surface area contributed by atoms with E-state index in [1.54, 1.807) is 25.3 Å². The number of methoxy groups -OCH3 is 3. The molecule has 0 saturated carbocycles. The van der Waals surface area contributed by atoms with Crippen molar-refractivity contribution >= 4 is 17.5 Å². The highest BCUT2D eigenvalue weighted by atomic mass is 35.5. The third-order valence-electron chi connectivity index (χ3n) is 4.49. The maximum Gasteiger partial charge on any atom is 0.224 e. The molecule has 0 aliphatic carbocycles. The van der Waals surface area contributed by atoms with Crippen molar-refractivity contribution in [2.24, 2.45) is 0 Å². The van der Waals surface area contributed by atoms with Crippen LogP contribution in [-0.4, -0.2) is 40.5 Å². The monoisotopic (exact) mass is 421 g/mol. The molecule has 0 fully saturated rings. The van der Waals surface area contributed by atoms with E-state index in [1.165, 1.54) is 14.2 Å². The number of amides is 1. The largest absolute Gasteiger partial charge is 0.493 e. The van der Waals surface area contributed by atoms with Gasteiger partial charge in [0.2, 0.25) is 11.7 Å². The maximum atomic E-state index is 12.5. The summed E-state index contributed by atoms with van der Waals surface area (Å²) in [4.78, 5) is 12.5. The number of hydrogen-bond donors (Lipinski definition) is 1. The predicted octanol–water partition coefficient (Wildman–Crippen LogP) is 3.39. The summed E-state index contributed by atoms with van der Waals surface area (Å²) in [7, 11) is 4.60. The minimum Gasteiger partial charge on any atom is -0.493 e. The second-order valence-electron chi connectivity index (χ2n) is 6.40. The first-order chi connectivity index (χ1) is 14.1. The Kier molecular flexibility index (Phi) is 6.93. The Morgan fingerprint density at radius 2 is 1.83 bits per heavy atom. The van der Waals surface area contributed by atoms with Gasteiger partial charge in [-0.1, -0.05) is 17.7 Å². The van der Waals surface area contributed by atoms with Gasteiger partial charge in [-0.25, -0.2) is 0 Å². The van der Waals surface area contributed by atoms with Crippen LogP contribution in [0.5, 0.6) is 28.7 Å². The highest BCUT2D eigenvalue weighted by molar-refractivity contribution is 6.32. The van der Waals surface area contributed by atoms with Crippen molar-refractivity contribution < 1.29 is 28.5 Å². The second kappa shape index (κ2) is 9.60. The highest BCUT2D eigenvalue weighted by Gasteiger charge is 2.19. The van der Waals surface area contributed by atoms with Gasteiger partial charge in [-0.3, -0.25) is 4.79 Å². The summed E-state index contributed by atoms with van der Waals surface area (Å²) in [6, 6.07) is 7.13. The fourth-order valence-electron chi connectivity index (χ4n) is 3.12. The summed E-state index contributed by atoms with van der Waals surface area (Å²) < 4.78 is 27.4. The van der Waals surface area contributed by atoms with Gasteiger partial charge in [0.05, 0.1) is 46.0 Å². The zero-order chi connectivity index (χ0) is 20.8. The van der Waals surface area contributed by atoms with Gasteiger partial charge >= 0.3 is 0 Å². The molecule has 0 saturated heterocycles. The summed E-state index contributed by atoms with van der Waals surface area (Å²) in [5.74, 6) is 2.44. The van der Waals surface area contributed by atoms with E-state index in [-0.39, 0.29) is 12.3 Å². The number of hydrogen-bond acceptors (Lipinski definition) is 6. The van der Waals surface area contributed by atoms with Crippen LogP contribution in [0.15, 0.2) is 24.3 Å². The normalized spacial score (nSPS) is 12.7. The zero-order valence-corrected chi connectivity index (χ0v) is 17.4. The van der Waals surface area contributed by atoms with Crippen molar-refractivity contribution in [2.45, 2.75) is 19.4 Å². The lowest BCUT2D eigenvalue weighted by molar-refractivity contribution is -0.120. The van der Waals surface area contributed by atoms with Crippen LogP contribution < -0.4 is 29.0 Å². The topological polar surface area (TPSA) is 75.3 Å². The Morgan fingerprint density at radius 1 is 1.07 bits per heavy atom. The number of rotatable bonds is 7. The standard InChI is InChI=1S/C21H24ClNO6/c1-25-16-6-5-14(19(26-2)21(16)27-3)11-18(24)23-12-13-9-15(22)20-17(10-13)28-7-4-8-29-20/h5-6,9-10H,4,7-8,11-12H2,1-3H3,(H,23,24). The van der Waals surface area contributed by atoms with Gasteiger partial charge in [-0.2, -0.15) is 0 Å². The molecule has 0 aromatic heterocycles. The molecule has 156 valence electrons. The fraction of sp³-hybridized carbons (Fsp3) is 0.381. The maximum absolute atomic E-state index is 12.5. The molecule has 29 heavy (non-hydrogen) atoms. The number of benzene rings is 2. The van der Waals surface area contributed by atoms with Gasteiger partial charge in [-0.05, 0) is 23.8 Å². The number of carbonyl (C=O) groups excluding carboxylic acids is 1. The third kappa shape index (κ3) is 4.79. The van der Waals surface area contributed by atoms with Crippen molar-refractivity contribution in [3.63, 3.8) is 0 Å². The molecule has 2 aromatic carbocycles. The van der Waals surface area contributed by atoms with Crippen LogP contribution in [0.25, 0.3) is 0 Å². The van der Waals surface area contributed by atoms with Gasteiger partial charge in [0.25, 0.3) is 0 Å². The van der Waals surface area contributed by atoms with Crippen LogP contribution in [-0.2, 0) is 17.8 Å². The van der Waals surface area contributed by atoms with E-state index in [0.29, 0.717) is 59.1 Å². The van der Waals surface area contributed by atoms with E-state index in [2.05, 4.69) is 5.32 Å². The summed E-state index contributed by atoms with van der Waals surface area (Å²) in [5.41, 5.74) is 1.52. The van der Waals surface area contributed by atoms with Gasteiger partial charge in [0.15, 0.2) is 23.0 Å². The molecule has 1 aliphatic rings. The van der Waals surface area contributed by atoms with Crippen LogP contribution >= 0.6 is 11.6 Å². The number of nitrogens with one attached hydrogen (secondary N) is 1. The molecule has 0 unspecified atom stereocenters. The van der Waals surface area contributed by atoms with E-state index >= 15 is 0 Å². The number of carbonyl (C=O) groups is 1. The SMILES string of the molecule is COc1ccc(CC(=O)NCc2cc(Cl)c3c(c2)OCCCO3)c(OC)c1OC. The molecular formula is C21H24ClNO6. The molecule has 0 spiro atoms. The lowest BCUT2D eigenvalue weighted by Gasteiger charge is -2.16. The average Bonchev–Trinajstić information content (AvgIpc) is 2.97. The van der Waals surface area contributed by atoms with E-state index in [9.17, 15) is 4.79 Å². The molecule has 7 nitrogen and oxygen atoms in total. The lowest BCUT2D eigenvalue weighted by atomic mass is 10.1. The van der Waals surface area contributed by atoms with E-state index < -0.39 is 0 Å². The van der Waals surface area contributed by atoms with Crippen molar-refractivity contribution in [3.8, 4) is 28.7 Å². The molecule has 3 rings (SSSR count). The third-order valence-corrected chi connectivity index (χ3v) is 4.77. The minimum absolute atomic E-state index is 0.127. The molecule has 2 aromatic rings. The molecule has 1 heterocycles. The van der Waals surface area contributed by atoms with Gasteiger partial charge in [-0.15, -0.1) is 0 Å². The van der Waals surface area contributed by atoms with Gasteiger partial charge in [0.1, 0.15) is 0 Å². The lowest BCUT2D eigenvalue weighted by Crippen LogP contribution is -2.24. The number of fused-ring (bicyclic) bond motifs is 1.